The van der Waals surface area contributed by atoms with E-state index in [9.17, 15) is 19.6 Å². The number of nitrogen functional groups attached to an aromatic ring is 1. The molecule has 0 bridgehead atoms. The van der Waals surface area contributed by atoms with Gasteiger partial charge in [0.25, 0.3) is 17.4 Å². The molecule has 0 atom stereocenters. The molecule has 7 nitrogen and oxygen atoms in total. The van der Waals surface area contributed by atoms with Gasteiger partial charge in [-0.2, -0.15) is 5.26 Å². The summed E-state index contributed by atoms with van der Waals surface area (Å²) < 4.78 is 1.19. The Balaban J connectivity index is 1.85. The molecule has 0 saturated heterocycles. The van der Waals surface area contributed by atoms with Gasteiger partial charge in [0.2, 0.25) is 0 Å². The predicted octanol–water partition coefficient (Wildman–Crippen LogP) is 0.858. The second kappa shape index (κ2) is 4.55. The molecule has 1 fully saturated rings. The predicted molar refractivity (Wildman–Crippen MR) is 84.8 cm³/mol. The number of carbonyl (C=O) groups excluding carboxylic acids is 2. The third kappa shape index (κ3) is 1.80. The average molecular weight is 320 g/mol. The molecule has 1 aromatic heterocycles. The number of rotatable bonds is 2. The summed E-state index contributed by atoms with van der Waals surface area (Å²) in [7, 11) is 0. The first kappa shape index (κ1) is 14.2. The average Bonchev–Trinajstić information content (AvgIpc) is 3.30. The van der Waals surface area contributed by atoms with Crippen molar-refractivity contribution in [1.29, 1.82) is 5.26 Å². The Morgan fingerprint density at radius 3 is 2.38 bits per heavy atom. The van der Waals surface area contributed by atoms with E-state index < -0.39 is 22.8 Å². The van der Waals surface area contributed by atoms with Crippen molar-refractivity contribution in [3.63, 3.8) is 0 Å². The highest BCUT2D eigenvalue weighted by Gasteiger charge is 2.44. The molecule has 2 amide bonds. The molecule has 2 aromatic rings. The Hall–Kier alpha value is -3.40. The van der Waals surface area contributed by atoms with Crippen LogP contribution in [0, 0.1) is 11.3 Å². The molecule has 0 spiro atoms. The number of nitrogens with zero attached hydrogens (tertiary/aromatic N) is 2. The topological polar surface area (TPSA) is 118 Å². The first-order chi connectivity index (χ1) is 11.5. The Kier molecular flexibility index (Phi) is 2.69. The summed E-state index contributed by atoms with van der Waals surface area (Å²) in [6.07, 6.45) is 1.65. The highest BCUT2D eigenvalue weighted by molar-refractivity contribution is 6.23. The van der Waals surface area contributed by atoms with E-state index in [4.69, 9.17) is 5.73 Å². The summed E-state index contributed by atoms with van der Waals surface area (Å²) in [6, 6.07) is 10.4. The van der Waals surface area contributed by atoms with Gasteiger partial charge in [0, 0.05) is 6.07 Å². The summed E-state index contributed by atoms with van der Waals surface area (Å²) in [6.45, 7) is 0. The molecule has 0 radical (unpaired) electrons. The van der Waals surface area contributed by atoms with Crippen molar-refractivity contribution in [1.82, 2.24) is 9.88 Å². The fraction of sp³-hybridized carbons (Fsp3) is 0.176. The number of nitrogens with two attached hydrogens (primary N) is 1. The minimum Gasteiger partial charge on any atom is -0.384 e. The highest BCUT2D eigenvalue weighted by atomic mass is 16.2. The number of aromatic nitrogens is 1. The van der Waals surface area contributed by atoms with Crippen LogP contribution in [0.5, 0.6) is 0 Å². The number of imide groups is 1. The van der Waals surface area contributed by atoms with Crippen LogP contribution in [-0.4, -0.2) is 16.4 Å². The number of benzene rings is 1. The summed E-state index contributed by atoms with van der Waals surface area (Å²) in [5, 5.41) is 11.4. The van der Waals surface area contributed by atoms with Gasteiger partial charge in [-0.1, -0.05) is 12.1 Å². The van der Waals surface area contributed by atoms with Crippen LogP contribution in [0.1, 0.15) is 39.1 Å². The SMILES string of the molecule is N#CC1(c2ccc(-n3c(N)c4c(cc3=O)C(=O)NC4=O)cc2)CC1. The summed E-state index contributed by atoms with van der Waals surface area (Å²) in [5.41, 5.74) is 6.45. The number of nitrogens with one attached hydrogen (secondary N) is 1. The smallest absolute Gasteiger partial charge is 0.262 e. The Bertz CT molecular complexity index is 1010. The Morgan fingerprint density at radius 1 is 1.12 bits per heavy atom. The number of pyridine rings is 1. The number of carbonyl (C=O) groups is 2. The van der Waals surface area contributed by atoms with E-state index in [1.165, 1.54) is 4.57 Å². The van der Waals surface area contributed by atoms with Gasteiger partial charge in [0.1, 0.15) is 5.82 Å². The van der Waals surface area contributed by atoms with Gasteiger partial charge < -0.3 is 5.73 Å². The van der Waals surface area contributed by atoms with Crippen molar-refractivity contribution in [3.05, 3.63) is 57.4 Å². The molecule has 24 heavy (non-hydrogen) atoms. The van der Waals surface area contributed by atoms with Crippen molar-refractivity contribution >= 4 is 17.6 Å². The van der Waals surface area contributed by atoms with Crippen molar-refractivity contribution in [2.24, 2.45) is 0 Å². The number of hydrogen-bond donors (Lipinski definition) is 2. The van der Waals surface area contributed by atoms with Crippen LogP contribution in [0.4, 0.5) is 5.82 Å². The molecule has 1 aliphatic carbocycles. The molecule has 118 valence electrons. The van der Waals surface area contributed by atoms with Crippen LogP contribution < -0.4 is 16.6 Å². The number of anilines is 1. The molecule has 1 aliphatic heterocycles. The van der Waals surface area contributed by atoms with E-state index in [1.54, 1.807) is 24.3 Å². The highest BCUT2D eigenvalue weighted by Crippen LogP contribution is 2.47. The maximum Gasteiger partial charge on any atom is 0.262 e. The van der Waals surface area contributed by atoms with Crippen LogP contribution >= 0.6 is 0 Å². The van der Waals surface area contributed by atoms with Crippen molar-refractivity contribution in [2.75, 3.05) is 5.73 Å². The summed E-state index contributed by atoms with van der Waals surface area (Å²) in [5.74, 6) is -1.31. The lowest BCUT2D eigenvalue weighted by molar-refractivity contribution is 0.0880. The number of nitriles is 1. The molecule has 1 saturated carbocycles. The molecule has 2 aliphatic rings. The lowest BCUT2D eigenvalue weighted by atomic mass is 9.97. The van der Waals surface area contributed by atoms with Gasteiger partial charge in [-0.05, 0) is 30.5 Å². The maximum absolute atomic E-state index is 12.3. The zero-order chi connectivity index (χ0) is 17.1. The molecule has 4 rings (SSSR count). The molecular formula is C17H12N4O3. The van der Waals surface area contributed by atoms with Crippen LogP contribution in [0.25, 0.3) is 5.69 Å². The van der Waals surface area contributed by atoms with Crippen LogP contribution in [0.3, 0.4) is 0 Å². The standard InChI is InChI=1S/C17H12N4O3/c18-8-17(5-6-17)9-1-3-10(4-2-9)21-12(22)7-11-13(14(21)19)16(24)20-15(11)23/h1-4,7H,5-6,19H2,(H,20,23,24). The van der Waals surface area contributed by atoms with Gasteiger partial charge in [-0.3, -0.25) is 24.3 Å². The van der Waals surface area contributed by atoms with E-state index in [0.717, 1.165) is 24.5 Å². The first-order valence-corrected chi connectivity index (χ1v) is 7.40. The van der Waals surface area contributed by atoms with E-state index in [1.807, 2.05) is 0 Å². The molecule has 0 unspecified atom stereocenters. The Morgan fingerprint density at radius 2 is 1.79 bits per heavy atom. The normalized spacial score (nSPS) is 17.1. The minimum absolute atomic E-state index is 0.00298. The van der Waals surface area contributed by atoms with E-state index >= 15 is 0 Å². The summed E-state index contributed by atoms with van der Waals surface area (Å²) >= 11 is 0. The number of fused-ring (bicyclic) bond motifs is 1. The van der Waals surface area contributed by atoms with Crippen molar-refractivity contribution < 1.29 is 9.59 Å². The zero-order valence-electron chi connectivity index (χ0n) is 12.5. The van der Waals surface area contributed by atoms with E-state index in [-0.39, 0.29) is 16.9 Å². The monoisotopic (exact) mass is 320 g/mol. The lowest BCUT2D eigenvalue weighted by Gasteiger charge is -2.13. The zero-order valence-corrected chi connectivity index (χ0v) is 12.5. The van der Waals surface area contributed by atoms with Crippen LogP contribution in [0.2, 0.25) is 0 Å². The second-order valence-electron chi connectivity index (χ2n) is 6.02. The molecule has 3 N–H and O–H groups in total. The maximum atomic E-state index is 12.3. The second-order valence-corrected chi connectivity index (χ2v) is 6.02. The third-order valence-corrected chi connectivity index (χ3v) is 4.60. The molecule has 2 heterocycles. The fourth-order valence-corrected chi connectivity index (χ4v) is 3.07. The summed E-state index contributed by atoms with van der Waals surface area (Å²) in [4.78, 5) is 35.9. The lowest BCUT2D eigenvalue weighted by Crippen LogP contribution is -2.24. The van der Waals surface area contributed by atoms with Gasteiger partial charge in [0.15, 0.2) is 0 Å². The van der Waals surface area contributed by atoms with Gasteiger partial charge in [0.05, 0.1) is 28.3 Å². The number of amides is 2. The van der Waals surface area contributed by atoms with Gasteiger partial charge in [-0.15, -0.1) is 0 Å². The largest absolute Gasteiger partial charge is 0.384 e. The third-order valence-electron chi connectivity index (χ3n) is 4.60. The molecule has 1 aromatic carbocycles. The Labute approximate surface area is 136 Å². The first-order valence-electron chi connectivity index (χ1n) is 7.40. The molecule has 7 heteroatoms. The van der Waals surface area contributed by atoms with Gasteiger partial charge >= 0.3 is 0 Å². The minimum atomic E-state index is -0.619. The van der Waals surface area contributed by atoms with Crippen LogP contribution in [-0.2, 0) is 5.41 Å². The van der Waals surface area contributed by atoms with Crippen LogP contribution in [0.15, 0.2) is 35.1 Å². The van der Waals surface area contributed by atoms with Gasteiger partial charge in [-0.25, -0.2) is 0 Å². The van der Waals surface area contributed by atoms with E-state index in [0.29, 0.717) is 5.69 Å². The molecular weight excluding hydrogens is 308 g/mol. The van der Waals surface area contributed by atoms with Crippen molar-refractivity contribution in [2.45, 2.75) is 18.3 Å². The fourth-order valence-electron chi connectivity index (χ4n) is 3.07. The quantitative estimate of drug-likeness (QED) is 0.796. The van der Waals surface area contributed by atoms with Crippen molar-refractivity contribution in [3.8, 4) is 11.8 Å². The van der Waals surface area contributed by atoms with E-state index in [2.05, 4.69) is 11.4 Å². The number of hydrogen-bond acceptors (Lipinski definition) is 5.